The molecule has 7 heteroatoms. The number of aromatic nitrogens is 1. The van der Waals surface area contributed by atoms with E-state index in [0.717, 1.165) is 24.0 Å². The van der Waals surface area contributed by atoms with Crippen molar-refractivity contribution in [2.24, 2.45) is 5.73 Å². The van der Waals surface area contributed by atoms with Gasteiger partial charge in [0, 0.05) is 5.56 Å². The van der Waals surface area contributed by atoms with E-state index >= 15 is 0 Å². The van der Waals surface area contributed by atoms with Gasteiger partial charge in [-0.05, 0) is 36.6 Å². The molecule has 0 atom stereocenters. The van der Waals surface area contributed by atoms with Crippen molar-refractivity contribution in [2.45, 2.75) is 18.4 Å². The minimum absolute atomic E-state index is 0. The second-order valence-corrected chi connectivity index (χ2v) is 5.57. The second kappa shape index (κ2) is 7.38. The summed E-state index contributed by atoms with van der Waals surface area (Å²) in [5.74, 6) is 0.859. The number of pyridine rings is 1. The molecule has 0 radical (unpaired) electrons. The average molecular weight is 364 g/mol. The monoisotopic (exact) mass is 362 g/mol. The Kier molecular flexibility index (Phi) is 6.32. The van der Waals surface area contributed by atoms with Gasteiger partial charge in [0.2, 0.25) is 0 Å². The van der Waals surface area contributed by atoms with Crippen LogP contribution >= 0.6 is 36.4 Å². The smallest absolute Gasteiger partial charge is 0.138 e. The van der Waals surface area contributed by atoms with E-state index in [1.54, 1.807) is 30.5 Å². The molecular weight excluding hydrogens is 347 g/mol. The van der Waals surface area contributed by atoms with Crippen LogP contribution in [0.25, 0.3) is 11.1 Å². The fourth-order valence-electron chi connectivity index (χ4n) is 1.88. The van der Waals surface area contributed by atoms with Crippen molar-refractivity contribution < 1.29 is 9.84 Å². The molecular formula is C15H17Cl3N2O2. The van der Waals surface area contributed by atoms with Crippen molar-refractivity contribution in [3.8, 4) is 22.6 Å². The van der Waals surface area contributed by atoms with Crippen molar-refractivity contribution in [2.75, 3.05) is 6.61 Å². The van der Waals surface area contributed by atoms with Crippen molar-refractivity contribution >= 4 is 36.4 Å². The number of hydrogen-bond acceptors (Lipinski definition) is 4. The zero-order valence-corrected chi connectivity index (χ0v) is 14.0. The van der Waals surface area contributed by atoms with Crippen LogP contribution in [0.4, 0.5) is 0 Å². The summed E-state index contributed by atoms with van der Waals surface area (Å²) in [6.45, 7) is 0.491. The zero-order valence-electron chi connectivity index (χ0n) is 11.7. The third kappa shape index (κ3) is 4.40. The van der Waals surface area contributed by atoms with E-state index in [0.29, 0.717) is 17.5 Å². The maximum absolute atomic E-state index is 9.32. The molecule has 1 aliphatic rings. The number of nitrogens with zero attached hydrogens (tertiary/aromatic N) is 1. The van der Waals surface area contributed by atoms with Gasteiger partial charge in [0.25, 0.3) is 0 Å². The first-order valence-corrected chi connectivity index (χ1v) is 6.80. The summed E-state index contributed by atoms with van der Waals surface area (Å²) in [6, 6.07) is 8.63. The third-order valence-electron chi connectivity index (χ3n) is 3.41. The van der Waals surface area contributed by atoms with Crippen LogP contribution in [0, 0.1) is 0 Å². The summed E-state index contributed by atoms with van der Waals surface area (Å²) in [5.41, 5.74) is 7.47. The SMILES string of the molecule is Cl.Cl.NC1(COc2cnc(Cl)c(-c3ccc(O)cc3)c2)CC1. The Balaban J connectivity index is 0.00000121. The Bertz CT molecular complexity index is 631. The molecule has 1 aromatic heterocycles. The maximum Gasteiger partial charge on any atom is 0.138 e. The van der Waals surface area contributed by atoms with Crippen molar-refractivity contribution in [1.82, 2.24) is 4.98 Å². The van der Waals surface area contributed by atoms with Crippen LogP contribution in [0.1, 0.15) is 12.8 Å². The van der Waals surface area contributed by atoms with Crippen LogP contribution in [0.5, 0.6) is 11.5 Å². The van der Waals surface area contributed by atoms with E-state index in [4.69, 9.17) is 22.1 Å². The first-order chi connectivity index (χ1) is 9.56. The minimum Gasteiger partial charge on any atom is -0.508 e. The average Bonchev–Trinajstić information content (AvgIpc) is 3.17. The molecule has 4 nitrogen and oxygen atoms in total. The first kappa shape index (κ1) is 18.8. The highest BCUT2D eigenvalue weighted by molar-refractivity contribution is 6.32. The summed E-state index contributed by atoms with van der Waals surface area (Å²) >= 11 is 6.12. The summed E-state index contributed by atoms with van der Waals surface area (Å²) in [6.07, 6.45) is 3.59. The number of phenolic OH excluding ortho intramolecular Hbond substituents is 1. The predicted molar refractivity (Wildman–Crippen MR) is 92.5 cm³/mol. The zero-order chi connectivity index (χ0) is 14.2. The van der Waals surface area contributed by atoms with Gasteiger partial charge in [0.05, 0.1) is 11.7 Å². The molecule has 0 spiro atoms. The van der Waals surface area contributed by atoms with Crippen LogP contribution in [-0.2, 0) is 0 Å². The number of halogens is 3. The van der Waals surface area contributed by atoms with Gasteiger partial charge in [0.15, 0.2) is 0 Å². The Morgan fingerprint density at radius 1 is 1.23 bits per heavy atom. The predicted octanol–water partition coefficient (Wildman–Crippen LogP) is 3.82. The molecule has 2 aromatic rings. The van der Waals surface area contributed by atoms with E-state index in [-0.39, 0.29) is 36.1 Å². The van der Waals surface area contributed by atoms with E-state index in [9.17, 15) is 5.11 Å². The third-order valence-corrected chi connectivity index (χ3v) is 3.71. The Labute approximate surface area is 146 Å². The van der Waals surface area contributed by atoms with Gasteiger partial charge in [-0.3, -0.25) is 0 Å². The van der Waals surface area contributed by atoms with E-state index < -0.39 is 0 Å². The fraction of sp³-hybridized carbons (Fsp3) is 0.267. The maximum atomic E-state index is 9.32. The van der Waals surface area contributed by atoms with Gasteiger partial charge in [-0.15, -0.1) is 24.8 Å². The largest absolute Gasteiger partial charge is 0.508 e. The van der Waals surface area contributed by atoms with Crippen LogP contribution in [0.3, 0.4) is 0 Å². The summed E-state index contributed by atoms with van der Waals surface area (Å²) in [7, 11) is 0. The number of hydrogen-bond donors (Lipinski definition) is 2. The van der Waals surface area contributed by atoms with Crippen molar-refractivity contribution in [3.63, 3.8) is 0 Å². The standard InChI is InChI=1S/C15H15ClN2O2.2ClH/c16-14-13(10-1-3-11(19)4-2-10)7-12(8-18-14)20-9-15(17)5-6-15;;/h1-4,7-8,19H,5-6,9,17H2;2*1H. The minimum atomic E-state index is -0.168. The molecule has 3 rings (SSSR count). The van der Waals surface area contributed by atoms with Crippen molar-refractivity contribution in [1.29, 1.82) is 0 Å². The molecule has 1 aliphatic carbocycles. The van der Waals surface area contributed by atoms with Gasteiger partial charge >= 0.3 is 0 Å². The number of nitrogens with two attached hydrogens (primary N) is 1. The van der Waals surface area contributed by atoms with Gasteiger partial charge in [-0.25, -0.2) is 4.98 Å². The molecule has 0 bridgehead atoms. The molecule has 1 aromatic carbocycles. The number of aromatic hydroxyl groups is 1. The summed E-state index contributed by atoms with van der Waals surface area (Å²) in [4.78, 5) is 4.14. The lowest BCUT2D eigenvalue weighted by atomic mass is 10.1. The van der Waals surface area contributed by atoms with E-state index in [2.05, 4.69) is 4.98 Å². The Hall–Kier alpha value is -1.20. The molecule has 1 heterocycles. The number of ether oxygens (including phenoxy) is 1. The van der Waals surface area contributed by atoms with Gasteiger partial charge in [0.1, 0.15) is 23.3 Å². The van der Waals surface area contributed by atoms with Crippen LogP contribution in [-0.4, -0.2) is 22.2 Å². The Morgan fingerprint density at radius 2 is 1.86 bits per heavy atom. The molecule has 1 fully saturated rings. The van der Waals surface area contributed by atoms with E-state index in [1.165, 1.54) is 0 Å². The van der Waals surface area contributed by atoms with Crippen LogP contribution < -0.4 is 10.5 Å². The number of rotatable bonds is 4. The van der Waals surface area contributed by atoms with Crippen molar-refractivity contribution in [3.05, 3.63) is 41.7 Å². The normalized spacial score (nSPS) is 14.5. The van der Waals surface area contributed by atoms with E-state index in [1.807, 2.05) is 6.07 Å². The first-order valence-electron chi connectivity index (χ1n) is 6.42. The molecule has 0 saturated heterocycles. The number of phenols is 1. The summed E-state index contributed by atoms with van der Waals surface area (Å²) < 4.78 is 5.68. The fourth-order valence-corrected chi connectivity index (χ4v) is 2.10. The molecule has 22 heavy (non-hydrogen) atoms. The highest BCUT2D eigenvalue weighted by Crippen LogP contribution is 2.34. The lowest BCUT2D eigenvalue weighted by Crippen LogP contribution is -2.29. The second-order valence-electron chi connectivity index (χ2n) is 5.21. The lowest BCUT2D eigenvalue weighted by Gasteiger charge is -2.12. The highest BCUT2D eigenvalue weighted by atomic mass is 35.5. The molecule has 0 amide bonds. The number of benzene rings is 1. The van der Waals surface area contributed by atoms with Gasteiger partial charge in [-0.2, -0.15) is 0 Å². The van der Waals surface area contributed by atoms with Crippen LogP contribution in [0.15, 0.2) is 36.5 Å². The van der Waals surface area contributed by atoms with Gasteiger partial charge < -0.3 is 15.6 Å². The lowest BCUT2D eigenvalue weighted by molar-refractivity contribution is 0.278. The molecule has 1 saturated carbocycles. The molecule has 0 unspecified atom stereocenters. The topological polar surface area (TPSA) is 68.4 Å². The van der Waals surface area contributed by atoms with Crippen LogP contribution in [0.2, 0.25) is 5.15 Å². The molecule has 3 N–H and O–H groups in total. The molecule has 120 valence electrons. The highest BCUT2D eigenvalue weighted by Gasteiger charge is 2.39. The summed E-state index contributed by atoms with van der Waals surface area (Å²) in [5, 5.41) is 9.72. The molecule has 0 aliphatic heterocycles. The quantitative estimate of drug-likeness (QED) is 0.810. The Morgan fingerprint density at radius 3 is 2.45 bits per heavy atom. The van der Waals surface area contributed by atoms with Gasteiger partial charge in [-0.1, -0.05) is 23.7 Å².